The van der Waals surface area contributed by atoms with Crippen molar-refractivity contribution in [3.63, 3.8) is 0 Å². The van der Waals surface area contributed by atoms with Crippen LogP contribution in [-0.2, 0) is 23.8 Å². The Morgan fingerprint density at radius 3 is 1.59 bits per heavy atom. The number of rotatable bonds is 4. The molecule has 0 spiro atoms. The number of fused-ring (bicyclic) bond motifs is 20. The number of benzene rings is 2. The second kappa shape index (κ2) is 6.87. The second-order valence-electron chi connectivity index (χ2n) is 11.6. The molecule has 2 saturated carbocycles. The van der Waals surface area contributed by atoms with E-state index in [1.54, 1.807) is 14.2 Å². The molecule has 2 heterocycles. The number of hydrogen-bond donors (Lipinski definition) is 0. The topological polar surface area (TPSA) is 80.3 Å². The van der Waals surface area contributed by atoms with Crippen molar-refractivity contribution < 1.29 is 33.3 Å². The molecule has 0 amide bonds. The third-order valence-electron chi connectivity index (χ3n) is 10.9. The third kappa shape index (κ3) is 2.09. The smallest absolute Gasteiger partial charge is 0.338 e. The first-order chi connectivity index (χ1) is 18.0. The van der Waals surface area contributed by atoms with Gasteiger partial charge in [-0.1, -0.05) is 36.4 Å². The first kappa shape index (κ1) is 22.0. The zero-order chi connectivity index (χ0) is 25.4. The van der Waals surface area contributed by atoms with E-state index < -0.39 is 11.2 Å². The number of allylic oxidation sites excluding steroid dienone is 2. The monoisotopic (exact) mass is 502 g/mol. The third-order valence-corrected chi connectivity index (χ3v) is 10.9. The Balaban J connectivity index is 1.45. The Labute approximate surface area is 215 Å². The van der Waals surface area contributed by atoms with E-state index in [0.717, 1.165) is 46.2 Å². The summed E-state index contributed by atoms with van der Waals surface area (Å²) >= 11 is 0. The van der Waals surface area contributed by atoms with Crippen molar-refractivity contribution in [3.05, 3.63) is 47.5 Å². The molecule has 6 aliphatic rings. The molecule has 7 nitrogen and oxygen atoms in total. The molecule has 192 valence electrons. The molecular formula is C30H30O7. The van der Waals surface area contributed by atoms with Crippen LogP contribution in [0, 0.1) is 35.5 Å². The lowest BCUT2D eigenvalue weighted by Gasteiger charge is -2.48. The van der Waals surface area contributed by atoms with Crippen LogP contribution in [-0.4, -0.2) is 51.6 Å². The minimum atomic E-state index is -1.19. The quantitative estimate of drug-likeness (QED) is 0.462. The number of esters is 2. The summed E-state index contributed by atoms with van der Waals surface area (Å²) in [6, 6.07) is 8.12. The molecule has 2 aromatic carbocycles. The lowest BCUT2D eigenvalue weighted by atomic mass is 9.50. The predicted molar refractivity (Wildman–Crippen MR) is 132 cm³/mol. The first-order valence-electron chi connectivity index (χ1n) is 13.2. The largest absolute Gasteiger partial charge is 0.496 e. The van der Waals surface area contributed by atoms with Crippen LogP contribution in [0.3, 0.4) is 0 Å². The fourth-order valence-corrected chi connectivity index (χ4v) is 10.3. The molecule has 10 unspecified atom stereocenters. The number of methoxy groups -OCH3 is 4. The summed E-state index contributed by atoms with van der Waals surface area (Å²) in [7, 11) is 6.28. The predicted octanol–water partition coefficient (Wildman–Crippen LogP) is 3.98. The van der Waals surface area contributed by atoms with Gasteiger partial charge in [0.1, 0.15) is 11.5 Å². The van der Waals surface area contributed by atoms with E-state index in [0.29, 0.717) is 0 Å². The molecule has 37 heavy (non-hydrogen) atoms. The van der Waals surface area contributed by atoms with Crippen molar-refractivity contribution >= 4 is 22.7 Å². The van der Waals surface area contributed by atoms with Crippen LogP contribution in [0.15, 0.2) is 36.4 Å². The van der Waals surface area contributed by atoms with Crippen molar-refractivity contribution in [1.29, 1.82) is 0 Å². The molecule has 0 aromatic heterocycles. The van der Waals surface area contributed by atoms with Crippen molar-refractivity contribution in [2.45, 2.75) is 35.9 Å². The fraction of sp³-hybridized carbons (Fsp3) is 0.533. The molecule has 0 radical (unpaired) electrons. The van der Waals surface area contributed by atoms with Crippen LogP contribution in [0.1, 0.15) is 35.8 Å². The van der Waals surface area contributed by atoms with Gasteiger partial charge in [0.05, 0.1) is 28.4 Å². The Hall–Kier alpha value is -3.06. The molecule has 7 heteroatoms. The highest BCUT2D eigenvalue weighted by Gasteiger charge is 2.89. The van der Waals surface area contributed by atoms with Crippen molar-refractivity contribution in [2.24, 2.45) is 35.5 Å². The molecule has 6 bridgehead atoms. The van der Waals surface area contributed by atoms with E-state index in [4.69, 9.17) is 23.7 Å². The van der Waals surface area contributed by atoms with Crippen LogP contribution in [0.25, 0.3) is 10.8 Å². The van der Waals surface area contributed by atoms with E-state index in [1.807, 2.05) is 12.1 Å². The van der Waals surface area contributed by atoms with Gasteiger partial charge in [-0.3, -0.25) is 0 Å². The average Bonchev–Trinajstić information content (AvgIpc) is 3.76. The van der Waals surface area contributed by atoms with Gasteiger partial charge in [0, 0.05) is 45.6 Å². The molecule has 2 saturated heterocycles. The highest BCUT2D eigenvalue weighted by atomic mass is 16.6. The van der Waals surface area contributed by atoms with E-state index in [9.17, 15) is 9.59 Å². The van der Waals surface area contributed by atoms with Gasteiger partial charge in [0.15, 0.2) is 11.2 Å². The minimum absolute atomic E-state index is 0.0202. The van der Waals surface area contributed by atoms with Gasteiger partial charge in [-0.05, 0) is 36.5 Å². The van der Waals surface area contributed by atoms with Gasteiger partial charge in [-0.25, -0.2) is 9.59 Å². The number of carbonyl (C=O) groups is 2. The van der Waals surface area contributed by atoms with Crippen molar-refractivity contribution in [1.82, 2.24) is 0 Å². The second-order valence-corrected chi connectivity index (χ2v) is 11.6. The minimum Gasteiger partial charge on any atom is -0.496 e. The molecule has 0 N–H and O–H groups in total. The number of ether oxygens (including phenoxy) is 5. The van der Waals surface area contributed by atoms with Crippen molar-refractivity contribution in [2.75, 3.05) is 28.4 Å². The molecule has 4 fully saturated rings. The highest BCUT2D eigenvalue weighted by Crippen LogP contribution is 2.82. The van der Waals surface area contributed by atoms with Gasteiger partial charge in [0.2, 0.25) is 0 Å². The highest BCUT2D eigenvalue weighted by molar-refractivity contribution is 5.98. The normalized spacial score (nSPS) is 42.6. The SMILES string of the molecule is COC(=O)C12OC(C(=O)OC)(C3C4C=CC(C4)C31)C1C3CC(c4c3c(OC)c3ccccc3c4OC)C12. The maximum Gasteiger partial charge on any atom is 0.338 e. The Morgan fingerprint density at radius 2 is 1.19 bits per heavy atom. The summed E-state index contributed by atoms with van der Waals surface area (Å²) in [5.74, 6) is 0.662. The molecule has 2 aromatic rings. The zero-order valence-electron chi connectivity index (χ0n) is 21.4. The Bertz CT molecular complexity index is 1330. The summed E-state index contributed by atoms with van der Waals surface area (Å²) in [6.45, 7) is 0. The van der Waals surface area contributed by atoms with Gasteiger partial charge in [0.25, 0.3) is 0 Å². The van der Waals surface area contributed by atoms with Crippen LogP contribution in [0.5, 0.6) is 11.5 Å². The summed E-state index contributed by atoms with van der Waals surface area (Å²) < 4.78 is 30.1. The maximum atomic E-state index is 13.9. The lowest BCUT2D eigenvalue weighted by Crippen LogP contribution is -2.60. The lowest BCUT2D eigenvalue weighted by molar-refractivity contribution is -0.186. The summed E-state index contributed by atoms with van der Waals surface area (Å²) in [4.78, 5) is 27.8. The standard InChI is InChI=1S/C30H30O7/c1-33-25-15-7-5-6-8-16(15)26(34-2)20-18-12-17(19(20)25)23-24(18)30(28(32)36-4)22-14-10-9-13(11-14)21(22)29(23,37-30)27(31)35-3/h5-10,13-14,17-18,21-24H,11-12H2,1-4H3. The molecule has 8 rings (SSSR count). The van der Waals surface area contributed by atoms with Gasteiger partial charge < -0.3 is 23.7 Å². The van der Waals surface area contributed by atoms with Crippen LogP contribution in [0.2, 0.25) is 0 Å². The van der Waals surface area contributed by atoms with Crippen molar-refractivity contribution in [3.8, 4) is 11.5 Å². The average molecular weight is 503 g/mol. The molecule has 4 aliphatic carbocycles. The first-order valence-corrected chi connectivity index (χ1v) is 13.2. The molecule has 2 aliphatic heterocycles. The number of hydrogen-bond acceptors (Lipinski definition) is 7. The Morgan fingerprint density at radius 1 is 0.730 bits per heavy atom. The number of carbonyl (C=O) groups excluding carboxylic acids is 2. The van der Waals surface area contributed by atoms with Crippen LogP contribution >= 0.6 is 0 Å². The molecule has 10 atom stereocenters. The Kier molecular flexibility index (Phi) is 4.08. The summed E-state index contributed by atoms with van der Waals surface area (Å²) in [5, 5.41) is 1.98. The van der Waals surface area contributed by atoms with Gasteiger partial charge in [-0.2, -0.15) is 0 Å². The van der Waals surface area contributed by atoms with E-state index in [2.05, 4.69) is 24.3 Å². The van der Waals surface area contributed by atoms with Crippen LogP contribution in [0.4, 0.5) is 0 Å². The fourth-order valence-electron chi connectivity index (χ4n) is 10.3. The zero-order valence-corrected chi connectivity index (χ0v) is 21.4. The molecular weight excluding hydrogens is 472 g/mol. The van der Waals surface area contributed by atoms with Gasteiger partial charge in [-0.15, -0.1) is 0 Å². The van der Waals surface area contributed by atoms with Gasteiger partial charge >= 0.3 is 11.9 Å². The summed E-state index contributed by atoms with van der Waals surface area (Å²) in [5.41, 5.74) is -0.189. The van der Waals surface area contributed by atoms with E-state index in [1.165, 1.54) is 14.2 Å². The van der Waals surface area contributed by atoms with E-state index in [-0.39, 0.29) is 59.3 Å². The van der Waals surface area contributed by atoms with E-state index >= 15 is 0 Å². The van der Waals surface area contributed by atoms with Crippen LogP contribution < -0.4 is 9.47 Å². The maximum absolute atomic E-state index is 13.9. The summed E-state index contributed by atoms with van der Waals surface area (Å²) in [6.07, 6.45) is 6.20.